The van der Waals surface area contributed by atoms with Crippen LogP contribution in [0.3, 0.4) is 0 Å². The van der Waals surface area contributed by atoms with Gasteiger partial charge >= 0.3 is 0 Å². The van der Waals surface area contributed by atoms with Gasteiger partial charge < -0.3 is 5.32 Å². The highest BCUT2D eigenvalue weighted by Crippen LogP contribution is 2.18. The lowest BCUT2D eigenvalue weighted by atomic mass is 10.1. The van der Waals surface area contributed by atoms with E-state index in [2.05, 4.69) is 10.4 Å². The van der Waals surface area contributed by atoms with Crippen LogP contribution < -0.4 is 10.9 Å². The Morgan fingerprint density at radius 1 is 1.07 bits per heavy atom. The van der Waals surface area contributed by atoms with Crippen LogP contribution in [0.1, 0.15) is 5.56 Å². The van der Waals surface area contributed by atoms with Crippen LogP contribution in [0.2, 0.25) is 0 Å². The standard InChI is InChI=1S/C20H17FN4O2/c21-16-6-7-17-15(10-16)11-18-20(27)25(23-13-24(17)18)12-19(26)22-9-8-14-4-2-1-3-5-14/h1-7,10-11,13H,8-9,12H2,(H,22,26). The van der Waals surface area contributed by atoms with Gasteiger partial charge in [0.15, 0.2) is 0 Å². The number of hydrogen-bond acceptors (Lipinski definition) is 3. The third-order valence-electron chi connectivity index (χ3n) is 4.43. The molecule has 0 aliphatic heterocycles. The van der Waals surface area contributed by atoms with E-state index in [1.807, 2.05) is 30.3 Å². The lowest BCUT2D eigenvalue weighted by Gasteiger charge is -2.07. The quantitative estimate of drug-likeness (QED) is 0.590. The van der Waals surface area contributed by atoms with Gasteiger partial charge in [-0.3, -0.25) is 14.0 Å². The van der Waals surface area contributed by atoms with Crippen LogP contribution in [0.15, 0.2) is 65.7 Å². The Morgan fingerprint density at radius 3 is 2.70 bits per heavy atom. The minimum absolute atomic E-state index is 0.167. The average molecular weight is 364 g/mol. The third-order valence-corrected chi connectivity index (χ3v) is 4.43. The van der Waals surface area contributed by atoms with E-state index in [1.165, 1.54) is 18.5 Å². The Bertz CT molecular complexity index is 1180. The van der Waals surface area contributed by atoms with Gasteiger partial charge in [-0.1, -0.05) is 30.3 Å². The Kier molecular flexibility index (Phi) is 4.42. The number of amides is 1. The summed E-state index contributed by atoms with van der Waals surface area (Å²) in [5, 5.41) is 7.47. The molecule has 7 heteroatoms. The second-order valence-electron chi connectivity index (χ2n) is 6.28. The molecular formula is C20H17FN4O2. The van der Waals surface area contributed by atoms with E-state index in [4.69, 9.17) is 0 Å². The van der Waals surface area contributed by atoms with Crippen molar-refractivity contribution < 1.29 is 9.18 Å². The highest BCUT2D eigenvalue weighted by atomic mass is 19.1. The molecule has 0 aliphatic rings. The molecule has 1 amide bonds. The van der Waals surface area contributed by atoms with Gasteiger partial charge in [-0.15, -0.1) is 0 Å². The van der Waals surface area contributed by atoms with Crippen molar-refractivity contribution >= 4 is 22.3 Å². The van der Waals surface area contributed by atoms with Gasteiger partial charge in [0, 0.05) is 11.9 Å². The average Bonchev–Trinajstić information content (AvgIpc) is 3.03. The minimum atomic E-state index is -0.396. The summed E-state index contributed by atoms with van der Waals surface area (Å²) in [4.78, 5) is 24.8. The zero-order valence-corrected chi connectivity index (χ0v) is 14.4. The van der Waals surface area contributed by atoms with Crippen molar-refractivity contribution in [2.75, 3.05) is 6.54 Å². The van der Waals surface area contributed by atoms with E-state index in [-0.39, 0.29) is 18.3 Å². The summed E-state index contributed by atoms with van der Waals surface area (Å²) >= 11 is 0. The number of nitrogens with zero attached hydrogens (tertiary/aromatic N) is 3. The number of benzene rings is 2. The molecule has 0 bridgehead atoms. The maximum Gasteiger partial charge on any atom is 0.291 e. The first-order valence-corrected chi connectivity index (χ1v) is 8.59. The molecule has 0 radical (unpaired) electrons. The Morgan fingerprint density at radius 2 is 1.89 bits per heavy atom. The van der Waals surface area contributed by atoms with Crippen LogP contribution in [-0.4, -0.2) is 26.6 Å². The maximum atomic E-state index is 13.4. The summed E-state index contributed by atoms with van der Waals surface area (Å²) in [6, 6.07) is 15.7. The summed E-state index contributed by atoms with van der Waals surface area (Å²) in [5.74, 6) is -0.656. The van der Waals surface area contributed by atoms with Crippen molar-refractivity contribution in [1.82, 2.24) is 19.5 Å². The third kappa shape index (κ3) is 3.44. The van der Waals surface area contributed by atoms with Gasteiger partial charge in [0.05, 0.1) is 5.52 Å². The van der Waals surface area contributed by atoms with Crippen LogP contribution >= 0.6 is 0 Å². The van der Waals surface area contributed by atoms with Crippen LogP contribution in [0, 0.1) is 5.82 Å². The van der Waals surface area contributed by atoms with E-state index < -0.39 is 5.56 Å². The summed E-state index contributed by atoms with van der Waals surface area (Å²) in [6.07, 6.45) is 2.18. The van der Waals surface area contributed by atoms with E-state index >= 15 is 0 Å². The zero-order valence-electron chi connectivity index (χ0n) is 14.4. The predicted octanol–water partition coefficient (Wildman–Crippen LogP) is 2.15. The summed E-state index contributed by atoms with van der Waals surface area (Å²) in [6.45, 7) is 0.314. The van der Waals surface area contributed by atoms with Crippen molar-refractivity contribution in [2.45, 2.75) is 13.0 Å². The van der Waals surface area contributed by atoms with Crippen LogP contribution in [0.25, 0.3) is 16.4 Å². The highest BCUT2D eigenvalue weighted by Gasteiger charge is 2.11. The lowest BCUT2D eigenvalue weighted by Crippen LogP contribution is -2.35. The number of nitrogens with one attached hydrogen (secondary N) is 1. The molecule has 0 saturated heterocycles. The summed E-state index contributed by atoms with van der Waals surface area (Å²) in [7, 11) is 0. The number of rotatable bonds is 5. The first-order valence-electron chi connectivity index (χ1n) is 8.59. The molecule has 2 aromatic heterocycles. The molecule has 6 nitrogen and oxygen atoms in total. The Hall–Kier alpha value is -3.48. The normalized spacial score (nSPS) is 11.1. The molecule has 0 fully saturated rings. The Labute approximate surface area is 153 Å². The molecule has 4 rings (SSSR count). The zero-order chi connectivity index (χ0) is 18.8. The fourth-order valence-corrected chi connectivity index (χ4v) is 3.09. The van der Waals surface area contributed by atoms with Crippen molar-refractivity contribution in [3.8, 4) is 0 Å². The van der Waals surface area contributed by atoms with Gasteiger partial charge in [-0.05, 0) is 36.2 Å². The maximum absolute atomic E-state index is 13.4. The molecule has 2 aromatic carbocycles. The van der Waals surface area contributed by atoms with Crippen LogP contribution in [-0.2, 0) is 17.8 Å². The molecule has 0 saturated carbocycles. The molecule has 27 heavy (non-hydrogen) atoms. The molecular weight excluding hydrogens is 347 g/mol. The van der Waals surface area contributed by atoms with Crippen molar-refractivity contribution in [2.24, 2.45) is 0 Å². The van der Waals surface area contributed by atoms with E-state index in [1.54, 1.807) is 16.5 Å². The van der Waals surface area contributed by atoms with Gasteiger partial charge in [0.1, 0.15) is 24.2 Å². The summed E-state index contributed by atoms with van der Waals surface area (Å²) in [5.41, 5.74) is 1.77. The molecule has 0 atom stereocenters. The minimum Gasteiger partial charge on any atom is -0.354 e. The number of carbonyl (C=O) groups excluding carboxylic acids is 1. The second-order valence-corrected chi connectivity index (χ2v) is 6.28. The highest BCUT2D eigenvalue weighted by molar-refractivity contribution is 5.86. The molecule has 2 heterocycles. The van der Waals surface area contributed by atoms with Crippen LogP contribution in [0.4, 0.5) is 4.39 Å². The summed E-state index contributed by atoms with van der Waals surface area (Å²) < 4.78 is 16.1. The number of hydrogen-bond donors (Lipinski definition) is 1. The number of fused-ring (bicyclic) bond motifs is 3. The van der Waals surface area contributed by atoms with E-state index in [9.17, 15) is 14.0 Å². The van der Waals surface area contributed by atoms with Crippen LogP contribution in [0.5, 0.6) is 0 Å². The number of carbonyl (C=O) groups is 1. The van der Waals surface area contributed by atoms with E-state index in [0.717, 1.165) is 10.2 Å². The first-order chi connectivity index (χ1) is 13.1. The molecule has 0 unspecified atom stereocenters. The second kappa shape index (κ2) is 7.03. The van der Waals surface area contributed by atoms with Gasteiger partial charge in [-0.2, -0.15) is 5.10 Å². The predicted molar refractivity (Wildman–Crippen MR) is 100 cm³/mol. The van der Waals surface area contributed by atoms with Gasteiger partial charge in [0.2, 0.25) is 5.91 Å². The lowest BCUT2D eigenvalue weighted by molar-refractivity contribution is -0.121. The fourth-order valence-electron chi connectivity index (χ4n) is 3.09. The topological polar surface area (TPSA) is 68.4 Å². The smallest absolute Gasteiger partial charge is 0.291 e. The monoisotopic (exact) mass is 364 g/mol. The number of aromatic nitrogens is 3. The fraction of sp³-hybridized carbons (Fsp3) is 0.150. The van der Waals surface area contributed by atoms with Gasteiger partial charge in [0.25, 0.3) is 5.56 Å². The van der Waals surface area contributed by atoms with Crippen molar-refractivity contribution in [3.05, 3.63) is 82.7 Å². The molecule has 0 aliphatic carbocycles. The van der Waals surface area contributed by atoms with E-state index in [0.29, 0.717) is 29.4 Å². The van der Waals surface area contributed by atoms with Gasteiger partial charge in [-0.25, -0.2) is 9.07 Å². The first kappa shape index (κ1) is 17.0. The molecule has 4 aromatic rings. The number of halogens is 1. The van der Waals surface area contributed by atoms with Crippen molar-refractivity contribution in [1.29, 1.82) is 0 Å². The largest absolute Gasteiger partial charge is 0.354 e. The van der Waals surface area contributed by atoms with Crippen molar-refractivity contribution in [3.63, 3.8) is 0 Å². The molecule has 1 N–H and O–H groups in total. The molecule has 136 valence electrons. The SMILES string of the molecule is O=C(Cn1ncn2c(cc3cc(F)ccc32)c1=O)NCCc1ccccc1. The Balaban J connectivity index is 1.50. The molecule has 0 spiro atoms.